The Kier molecular flexibility index (Phi) is 4.49. The van der Waals surface area contributed by atoms with Gasteiger partial charge in [-0.1, -0.05) is 26.5 Å². The highest BCUT2D eigenvalue weighted by atomic mass is 127. The monoisotopic (exact) mass is 196 g/mol. The van der Waals surface area contributed by atoms with E-state index in [2.05, 4.69) is 36.1 Å². The first-order valence-corrected chi connectivity index (χ1v) is 3.66. The summed E-state index contributed by atoms with van der Waals surface area (Å²) in [7, 11) is 0. The lowest BCUT2D eigenvalue weighted by molar-refractivity contribution is 1.07. The molecule has 0 amide bonds. The fourth-order valence-electron chi connectivity index (χ4n) is 0.398. The van der Waals surface area contributed by atoms with Crippen molar-refractivity contribution in [3.8, 4) is 0 Å². The van der Waals surface area contributed by atoms with E-state index >= 15 is 0 Å². The second-order valence-electron chi connectivity index (χ2n) is 1.57. The number of rotatable bonds is 2. The molecule has 0 aliphatic carbocycles. The topological polar surface area (TPSA) is 0 Å². The smallest absolute Gasteiger partial charge is 0.150 e. The molecule has 0 fully saturated rings. The van der Waals surface area contributed by atoms with Gasteiger partial charge in [0.15, 0.2) is 0 Å². The van der Waals surface area contributed by atoms with Gasteiger partial charge in [-0.2, -0.15) is 22.4 Å². The Labute approximate surface area is 53.7 Å². The lowest BCUT2D eigenvalue weighted by atomic mass is 9.77. The van der Waals surface area contributed by atoms with E-state index in [0.29, 0.717) is 0 Å². The first-order chi connectivity index (χ1) is 2.77. The van der Waals surface area contributed by atoms with Gasteiger partial charge in [-0.3, -0.25) is 0 Å². The Bertz CT molecular complexity index is 28.7. The summed E-state index contributed by atoms with van der Waals surface area (Å²) in [6.45, 7) is 4.46. The van der Waals surface area contributed by atoms with E-state index in [-0.39, 0.29) is 0 Å². The fourth-order valence-corrected chi connectivity index (χ4v) is 1.02. The maximum Gasteiger partial charge on any atom is 0.214 e. The average Bonchev–Trinajstić information content (AvgIpc) is 1.35. The molecule has 0 nitrogen and oxygen atoms in total. The van der Waals surface area contributed by atoms with Crippen LogP contribution >= 0.6 is 22.4 Å². The van der Waals surface area contributed by atoms with Crippen LogP contribution in [0.4, 0.5) is 0 Å². The summed E-state index contributed by atoms with van der Waals surface area (Å²) in [4.78, 5) is 0. The lowest BCUT2D eigenvalue weighted by Gasteiger charge is -1.88. The summed E-state index contributed by atoms with van der Waals surface area (Å²) in [5, 5.41) is 0. The van der Waals surface area contributed by atoms with Crippen LogP contribution in [0.5, 0.6) is 0 Å². The maximum absolute atomic E-state index is 2.44. The second-order valence-corrected chi connectivity index (χ2v) is 3.70. The maximum atomic E-state index is 2.44. The van der Waals surface area contributed by atoms with E-state index in [0.717, 1.165) is 4.57 Å². The van der Waals surface area contributed by atoms with Gasteiger partial charge in [-0.15, -0.1) is 0 Å². The lowest BCUT2D eigenvalue weighted by Crippen LogP contribution is -1.90. The minimum Gasteiger partial charge on any atom is -0.150 e. The normalized spacial score (nSPS) is 8.50. The zero-order chi connectivity index (χ0) is 4.99. The number of halogens is 1. The van der Waals surface area contributed by atoms with Gasteiger partial charge in [0, 0.05) is 0 Å². The molecule has 0 N–H and O–H groups in total. The van der Waals surface area contributed by atoms with E-state index in [1.54, 1.807) is 0 Å². The molecule has 0 spiro atoms. The molecule has 0 rings (SSSR count). The van der Waals surface area contributed by atoms with Gasteiger partial charge in [0.2, 0.25) is 4.57 Å². The Balaban J connectivity index is 2.63. The minimum atomic E-state index is 0.868. The van der Waals surface area contributed by atoms with Crippen LogP contribution in [0.15, 0.2) is 0 Å². The van der Waals surface area contributed by atoms with Crippen molar-refractivity contribution in [2.45, 2.75) is 26.5 Å². The fraction of sp³-hybridized carbons (Fsp3) is 1.00. The third kappa shape index (κ3) is 4.79. The van der Waals surface area contributed by atoms with Gasteiger partial charge in [0.1, 0.15) is 0 Å². The predicted octanol–water partition coefficient (Wildman–Crippen LogP) is 2.45. The van der Waals surface area contributed by atoms with Crippen molar-refractivity contribution >= 4 is 26.9 Å². The molecule has 0 heterocycles. The molecule has 36 valence electrons. The summed E-state index contributed by atoms with van der Waals surface area (Å²) in [6, 6.07) is 0. The van der Waals surface area contributed by atoms with Crippen molar-refractivity contribution in [2.75, 3.05) is 0 Å². The molecule has 0 saturated heterocycles. The number of hydrogen-bond acceptors (Lipinski definition) is 0. The van der Waals surface area contributed by atoms with Crippen LogP contribution < -0.4 is 0 Å². The Morgan fingerprint density at radius 3 is 2.17 bits per heavy atom. The molecule has 6 heavy (non-hydrogen) atoms. The van der Waals surface area contributed by atoms with Crippen LogP contribution in [-0.4, -0.2) is 4.57 Å². The third-order valence-electron chi connectivity index (χ3n) is 0.686. The Morgan fingerprint density at radius 2 is 2.17 bits per heavy atom. The predicted molar refractivity (Wildman–Crippen MR) is 40.7 cm³/mol. The summed E-state index contributed by atoms with van der Waals surface area (Å²) in [6.07, 6.45) is 2.69. The van der Waals surface area contributed by atoms with Crippen molar-refractivity contribution in [3.63, 3.8) is 0 Å². The van der Waals surface area contributed by atoms with Gasteiger partial charge in [-0.25, -0.2) is 0 Å². The van der Waals surface area contributed by atoms with Crippen molar-refractivity contribution in [1.29, 1.82) is 0 Å². The van der Waals surface area contributed by atoms with E-state index in [1.165, 1.54) is 12.7 Å². The van der Waals surface area contributed by atoms with Crippen molar-refractivity contribution < 1.29 is 0 Å². The van der Waals surface area contributed by atoms with Crippen molar-refractivity contribution in [3.05, 3.63) is 0 Å². The molecule has 0 aromatic carbocycles. The first kappa shape index (κ1) is 6.79. The molecule has 0 saturated carbocycles. The van der Waals surface area contributed by atoms with Crippen LogP contribution in [-0.2, 0) is 0 Å². The summed E-state index contributed by atoms with van der Waals surface area (Å²) >= 11 is 2.44. The van der Waals surface area contributed by atoms with Crippen LogP contribution in [0.25, 0.3) is 0 Å². The highest BCUT2D eigenvalue weighted by Gasteiger charge is 1.94. The van der Waals surface area contributed by atoms with Gasteiger partial charge >= 0.3 is 0 Å². The van der Waals surface area contributed by atoms with E-state index in [1.807, 2.05) is 0 Å². The van der Waals surface area contributed by atoms with Gasteiger partial charge < -0.3 is 0 Å². The Hall–Kier alpha value is 0.795. The summed E-state index contributed by atoms with van der Waals surface area (Å²) in [5.41, 5.74) is 0. The molecule has 0 bridgehead atoms. The van der Waals surface area contributed by atoms with Gasteiger partial charge in [0.25, 0.3) is 0 Å². The molecule has 0 aromatic rings. The second kappa shape index (κ2) is 3.97. The van der Waals surface area contributed by atoms with Crippen molar-refractivity contribution in [2.24, 2.45) is 0 Å². The third-order valence-corrected chi connectivity index (χ3v) is 1.31. The standard InChI is InChI=1S/C4H10BI/c1-3-4-5(2)6/h3-4H2,1-2H3. The van der Waals surface area contributed by atoms with Crippen LogP contribution in [0, 0.1) is 0 Å². The minimum absolute atomic E-state index is 0.868. The first-order valence-electron chi connectivity index (χ1n) is 2.41. The van der Waals surface area contributed by atoms with E-state index < -0.39 is 0 Å². The summed E-state index contributed by atoms with van der Waals surface area (Å²) < 4.78 is 0.868. The SMILES string of the molecule is CCCB(C)I. The Morgan fingerprint density at radius 1 is 1.67 bits per heavy atom. The highest BCUT2D eigenvalue weighted by Crippen LogP contribution is 2.02. The van der Waals surface area contributed by atoms with Crippen LogP contribution in [0.1, 0.15) is 13.3 Å². The largest absolute Gasteiger partial charge is 0.214 e. The van der Waals surface area contributed by atoms with Crippen LogP contribution in [0.2, 0.25) is 13.1 Å². The van der Waals surface area contributed by atoms with Crippen LogP contribution in [0.3, 0.4) is 0 Å². The molecule has 0 atom stereocenters. The molecule has 0 aliphatic rings. The zero-order valence-corrected chi connectivity index (χ0v) is 6.53. The molecule has 0 radical (unpaired) electrons. The molecule has 0 aromatic heterocycles. The molecular formula is C4H10BI. The molecule has 0 aliphatic heterocycles. The molecule has 2 heteroatoms. The zero-order valence-electron chi connectivity index (χ0n) is 4.37. The molecule has 0 unspecified atom stereocenters. The number of hydrogen-bond donors (Lipinski definition) is 0. The van der Waals surface area contributed by atoms with E-state index in [9.17, 15) is 0 Å². The molecular weight excluding hydrogens is 186 g/mol. The van der Waals surface area contributed by atoms with E-state index in [4.69, 9.17) is 0 Å². The highest BCUT2D eigenvalue weighted by molar-refractivity contribution is 14.1. The summed E-state index contributed by atoms with van der Waals surface area (Å²) in [5.74, 6) is 0. The van der Waals surface area contributed by atoms with Gasteiger partial charge in [-0.05, 0) is 0 Å². The average molecular weight is 196 g/mol. The van der Waals surface area contributed by atoms with Crippen molar-refractivity contribution in [1.82, 2.24) is 0 Å². The van der Waals surface area contributed by atoms with Gasteiger partial charge in [0.05, 0.1) is 0 Å². The quantitative estimate of drug-likeness (QED) is 0.469.